The Morgan fingerprint density at radius 1 is 1.10 bits per heavy atom. The average Bonchev–Trinajstić information content (AvgIpc) is 2.88. The van der Waals surface area contributed by atoms with E-state index >= 15 is 0 Å². The summed E-state index contributed by atoms with van der Waals surface area (Å²) in [5.74, 6) is -6.73. The largest absolute Gasteiger partial charge is 0.465 e. The van der Waals surface area contributed by atoms with Crippen LogP contribution < -0.4 is 10.1 Å². The first-order chi connectivity index (χ1) is 18.5. The number of carbonyl (C=O) groups excluding carboxylic acids is 2. The molecule has 206 valence electrons. The Balaban J connectivity index is 1.61. The van der Waals surface area contributed by atoms with E-state index in [9.17, 15) is 31.5 Å². The number of methoxy groups -OCH3 is 1. The van der Waals surface area contributed by atoms with Gasteiger partial charge < -0.3 is 14.8 Å². The van der Waals surface area contributed by atoms with E-state index in [1.54, 1.807) is 0 Å². The molecule has 0 aliphatic heterocycles. The van der Waals surface area contributed by atoms with Crippen LogP contribution in [0.25, 0.3) is 11.1 Å². The molecular formula is C27H22ClF5N2O4. The fourth-order valence-corrected chi connectivity index (χ4v) is 4.60. The van der Waals surface area contributed by atoms with E-state index in [-0.39, 0.29) is 46.7 Å². The SMILES string of the molecule is COC(=O)c1ccc(NC(=O)C(CC2CC(F)(F)C2)c2ccc(-c3c(OC(F)F)ccc(Cl)c3F)cn2)cc1. The fraction of sp³-hybridized carbons (Fsp3) is 0.296. The van der Waals surface area contributed by atoms with Crippen molar-refractivity contribution in [2.75, 3.05) is 12.4 Å². The van der Waals surface area contributed by atoms with Gasteiger partial charge in [-0.15, -0.1) is 0 Å². The van der Waals surface area contributed by atoms with Gasteiger partial charge >= 0.3 is 12.6 Å². The summed E-state index contributed by atoms with van der Waals surface area (Å²) in [7, 11) is 1.23. The number of alkyl halides is 4. The predicted molar refractivity (Wildman–Crippen MR) is 133 cm³/mol. The van der Waals surface area contributed by atoms with Crippen molar-refractivity contribution in [2.45, 2.75) is 37.7 Å². The zero-order valence-corrected chi connectivity index (χ0v) is 21.2. The highest BCUT2D eigenvalue weighted by Gasteiger charge is 2.46. The van der Waals surface area contributed by atoms with Crippen LogP contribution >= 0.6 is 11.6 Å². The van der Waals surface area contributed by atoms with Crippen LogP contribution in [-0.4, -0.2) is 36.5 Å². The lowest BCUT2D eigenvalue weighted by molar-refractivity contribution is -0.125. The minimum absolute atomic E-state index is 0.0575. The molecule has 2 aromatic carbocycles. The van der Waals surface area contributed by atoms with E-state index < -0.39 is 47.8 Å². The van der Waals surface area contributed by atoms with Crippen LogP contribution in [0.5, 0.6) is 5.75 Å². The third-order valence-electron chi connectivity index (χ3n) is 6.34. The predicted octanol–water partition coefficient (Wildman–Crippen LogP) is 7.09. The van der Waals surface area contributed by atoms with Crippen molar-refractivity contribution in [3.63, 3.8) is 0 Å². The molecule has 1 heterocycles. The summed E-state index contributed by atoms with van der Waals surface area (Å²) >= 11 is 5.83. The molecule has 0 bridgehead atoms. The number of pyridine rings is 1. The zero-order chi connectivity index (χ0) is 28.3. The number of hydrogen-bond acceptors (Lipinski definition) is 5. The van der Waals surface area contributed by atoms with Gasteiger partial charge in [-0.3, -0.25) is 9.78 Å². The molecule has 1 aliphatic carbocycles. The van der Waals surface area contributed by atoms with Crippen molar-refractivity contribution >= 4 is 29.2 Å². The van der Waals surface area contributed by atoms with Gasteiger partial charge in [0.1, 0.15) is 5.75 Å². The maximum Gasteiger partial charge on any atom is 0.387 e. The standard InChI is InChI=1S/C27H22ClF5N2O4/c1-38-25(37)15-2-5-17(6-3-15)35-24(36)18(10-14-11-27(32,33)12-14)20-8-4-16(13-34-20)22-21(39-26(30)31)9-7-19(28)23(22)29/h2-9,13-14,18,26H,10-12H2,1H3,(H,35,36). The molecule has 1 amide bonds. The molecule has 0 saturated heterocycles. The number of carbonyl (C=O) groups is 2. The molecule has 39 heavy (non-hydrogen) atoms. The Hall–Kier alpha value is -3.73. The first-order valence-corrected chi connectivity index (χ1v) is 12.1. The molecule has 0 radical (unpaired) electrons. The van der Waals surface area contributed by atoms with Crippen molar-refractivity contribution in [3.8, 4) is 16.9 Å². The maximum atomic E-state index is 14.8. The Labute approximate surface area is 225 Å². The van der Waals surface area contributed by atoms with E-state index in [1.165, 1.54) is 49.7 Å². The average molecular weight is 569 g/mol. The number of nitrogens with zero attached hydrogens (tertiary/aromatic N) is 1. The van der Waals surface area contributed by atoms with Gasteiger partial charge in [0.15, 0.2) is 5.82 Å². The topological polar surface area (TPSA) is 77.5 Å². The second kappa shape index (κ2) is 11.6. The summed E-state index contributed by atoms with van der Waals surface area (Å²) in [5, 5.41) is 2.37. The van der Waals surface area contributed by atoms with Crippen molar-refractivity contribution < 1.29 is 41.0 Å². The van der Waals surface area contributed by atoms with Crippen LogP contribution in [0.1, 0.15) is 41.2 Å². The smallest absolute Gasteiger partial charge is 0.387 e. The molecule has 1 unspecified atom stereocenters. The van der Waals surface area contributed by atoms with Crippen molar-refractivity contribution in [3.05, 3.63) is 76.8 Å². The number of halogens is 6. The number of nitrogens with one attached hydrogen (secondary N) is 1. The number of rotatable bonds is 9. The third-order valence-corrected chi connectivity index (χ3v) is 6.63. The van der Waals surface area contributed by atoms with Gasteiger partial charge in [-0.2, -0.15) is 8.78 Å². The number of benzene rings is 2. The number of amides is 1. The molecule has 0 spiro atoms. The van der Waals surface area contributed by atoms with Crippen molar-refractivity contribution in [1.29, 1.82) is 0 Å². The second-order valence-electron chi connectivity index (χ2n) is 9.06. The molecule has 1 aliphatic rings. The molecule has 12 heteroatoms. The van der Waals surface area contributed by atoms with Crippen molar-refractivity contribution in [1.82, 2.24) is 4.98 Å². The number of anilines is 1. The lowest BCUT2D eigenvalue weighted by Gasteiger charge is -2.36. The summed E-state index contributed by atoms with van der Waals surface area (Å²) in [6.07, 6.45) is 0.498. The second-order valence-corrected chi connectivity index (χ2v) is 9.47. The number of ether oxygens (including phenoxy) is 2. The highest BCUT2D eigenvalue weighted by Crippen LogP contribution is 2.47. The van der Waals surface area contributed by atoms with E-state index in [4.69, 9.17) is 11.6 Å². The Kier molecular flexibility index (Phi) is 8.39. The quantitative estimate of drug-likeness (QED) is 0.220. The number of aromatic nitrogens is 1. The highest BCUT2D eigenvalue weighted by atomic mass is 35.5. The van der Waals surface area contributed by atoms with E-state index in [1.807, 2.05) is 0 Å². The molecule has 1 atom stereocenters. The lowest BCUT2D eigenvalue weighted by atomic mass is 9.75. The van der Waals surface area contributed by atoms with E-state index in [0.29, 0.717) is 5.69 Å². The molecule has 1 N–H and O–H groups in total. The molecule has 1 fully saturated rings. The third kappa shape index (κ3) is 6.65. The van der Waals surface area contributed by atoms with Crippen LogP contribution in [0.15, 0.2) is 54.7 Å². The Morgan fingerprint density at radius 3 is 2.36 bits per heavy atom. The van der Waals surface area contributed by atoms with Crippen molar-refractivity contribution in [2.24, 2.45) is 5.92 Å². The monoisotopic (exact) mass is 568 g/mol. The molecule has 3 aromatic rings. The van der Waals surface area contributed by atoms with E-state index in [0.717, 1.165) is 12.1 Å². The van der Waals surface area contributed by atoms with E-state index in [2.05, 4.69) is 19.8 Å². The van der Waals surface area contributed by atoms with Gasteiger partial charge in [0.25, 0.3) is 0 Å². The van der Waals surface area contributed by atoms with Crippen LogP contribution in [0.4, 0.5) is 27.6 Å². The highest BCUT2D eigenvalue weighted by molar-refractivity contribution is 6.31. The maximum absolute atomic E-state index is 14.8. The Bertz CT molecular complexity index is 1350. The molecule has 1 aromatic heterocycles. The molecule has 4 rings (SSSR count). The van der Waals surface area contributed by atoms with Gasteiger partial charge in [0.05, 0.1) is 34.9 Å². The fourth-order valence-electron chi connectivity index (χ4n) is 4.44. The van der Waals surface area contributed by atoms with Crippen LogP contribution in [0, 0.1) is 11.7 Å². The summed E-state index contributed by atoms with van der Waals surface area (Å²) in [5.41, 5.74) is 0.540. The van der Waals surface area contributed by atoms with Gasteiger partial charge in [0, 0.05) is 30.3 Å². The van der Waals surface area contributed by atoms with Gasteiger partial charge in [-0.25, -0.2) is 18.0 Å². The first-order valence-electron chi connectivity index (χ1n) is 11.7. The molecular weight excluding hydrogens is 547 g/mol. The van der Waals surface area contributed by atoms with Crippen LogP contribution in [0.3, 0.4) is 0 Å². The first kappa shape index (κ1) is 28.3. The number of hydrogen-bond donors (Lipinski definition) is 1. The van der Waals surface area contributed by atoms with Crippen LogP contribution in [0.2, 0.25) is 5.02 Å². The summed E-state index contributed by atoms with van der Waals surface area (Å²) in [4.78, 5) is 29.1. The summed E-state index contributed by atoms with van der Waals surface area (Å²) in [6.45, 7) is -3.22. The summed E-state index contributed by atoms with van der Waals surface area (Å²) in [6, 6.07) is 10.8. The van der Waals surface area contributed by atoms with Gasteiger partial charge in [-0.1, -0.05) is 17.7 Å². The minimum Gasteiger partial charge on any atom is -0.465 e. The zero-order valence-electron chi connectivity index (χ0n) is 20.4. The minimum atomic E-state index is -3.22. The Morgan fingerprint density at radius 2 is 1.79 bits per heavy atom. The molecule has 6 nitrogen and oxygen atoms in total. The summed E-state index contributed by atoms with van der Waals surface area (Å²) < 4.78 is 76.6. The lowest BCUT2D eigenvalue weighted by Crippen LogP contribution is -2.37. The molecule has 1 saturated carbocycles. The van der Waals surface area contributed by atoms with Crippen LogP contribution in [-0.2, 0) is 9.53 Å². The normalized spacial score (nSPS) is 15.4. The number of esters is 1. The van der Waals surface area contributed by atoms with Gasteiger partial charge in [-0.05, 0) is 54.8 Å². The van der Waals surface area contributed by atoms with Gasteiger partial charge in [0.2, 0.25) is 11.8 Å².